The van der Waals surface area contributed by atoms with Gasteiger partial charge in [0.2, 0.25) is 0 Å². The molecule has 152 valence electrons. The average molecular weight is 482 g/mol. The molecule has 0 spiro atoms. The fourth-order valence-electron chi connectivity index (χ4n) is 3.43. The molecule has 1 heterocycles. The molecule has 1 N–H and O–H groups in total. The third-order valence-electron chi connectivity index (χ3n) is 5.05. The molecule has 0 amide bonds. The topological polar surface area (TPSA) is 66.4 Å². The third-order valence-corrected chi connectivity index (χ3v) is 5.05. The van der Waals surface area contributed by atoms with Gasteiger partial charge in [-0.3, -0.25) is 14.7 Å². The molecule has 2 aliphatic rings. The van der Waals surface area contributed by atoms with Gasteiger partial charge >= 0.3 is 5.97 Å². The number of aliphatic imine (C=N–C) groups is 1. The molecule has 8 heteroatoms. The van der Waals surface area contributed by atoms with Gasteiger partial charge in [0, 0.05) is 45.9 Å². The summed E-state index contributed by atoms with van der Waals surface area (Å²) in [6.07, 6.45) is 2.58. The summed E-state index contributed by atoms with van der Waals surface area (Å²) in [4.78, 5) is 21.4. The first-order chi connectivity index (χ1) is 12.1. The van der Waals surface area contributed by atoms with Crippen LogP contribution in [0.15, 0.2) is 4.99 Å². The number of ether oxygens (including phenoxy) is 2. The fourth-order valence-corrected chi connectivity index (χ4v) is 3.43. The number of carbonyl (C=O) groups is 1. The number of methoxy groups -OCH3 is 2. The first kappa shape index (κ1) is 23.4. The highest BCUT2D eigenvalue weighted by Gasteiger charge is 2.37. The first-order valence-electron chi connectivity index (χ1n) is 9.44. The smallest absolute Gasteiger partial charge is 0.310 e. The molecule has 0 bridgehead atoms. The maximum Gasteiger partial charge on any atom is 0.310 e. The van der Waals surface area contributed by atoms with Gasteiger partial charge in [0.15, 0.2) is 5.96 Å². The second kappa shape index (κ2) is 12.0. The van der Waals surface area contributed by atoms with Crippen LogP contribution in [0.5, 0.6) is 0 Å². The lowest BCUT2D eigenvalue weighted by molar-refractivity contribution is -0.145. The minimum Gasteiger partial charge on any atom is -0.469 e. The SMILES string of the molecule is CCNC(=NCCN(CCOC)C1CC1)N1CC(C)C(C(=O)OC)C1.I. The van der Waals surface area contributed by atoms with E-state index in [1.165, 1.54) is 20.0 Å². The van der Waals surface area contributed by atoms with Gasteiger partial charge in [-0.2, -0.15) is 0 Å². The molecule has 0 radical (unpaired) electrons. The minimum atomic E-state index is -0.120. The maximum absolute atomic E-state index is 11.9. The number of likely N-dealkylation sites (tertiary alicyclic amines) is 1. The van der Waals surface area contributed by atoms with Crippen LogP contribution in [0.3, 0.4) is 0 Å². The Kier molecular flexibility index (Phi) is 10.8. The van der Waals surface area contributed by atoms with E-state index in [9.17, 15) is 4.79 Å². The second-order valence-electron chi connectivity index (χ2n) is 7.01. The van der Waals surface area contributed by atoms with Crippen LogP contribution in [0.4, 0.5) is 0 Å². The highest BCUT2D eigenvalue weighted by molar-refractivity contribution is 14.0. The van der Waals surface area contributed by atoms with Crippen molar-refractivity contribution in [2.75, 3.05) is 60.1 Å². The Labute approximate surface area is 174 Å². The molecule has 2 rings (SSSR count). The Morgan fingerprint density at radius 2 is 2.00 bits per heavy atom. The molecule has 1 aliphatic heterocycles. The Morgan fingerprint density at radius 3 is 2.58 bits per heavy atom. The van der Waals surface area contributed by atoms with Crippen molar-refractivity contribution in [3.8, 4) is 0 Å². The molecule has 2 fully saturated rings. The number of nitrogens with one attached hydrogen (secondary N) is 1. The first-order valence-corrected chi connectivity index (χ1v) is 9.44. The lowest BCUT2D eigenvalue weighted by Crippen LogP contribution is -2.41. The number of hydrogen-bond acceptors (Lipinski definition) is 5. The van der Waals surface area contributed by atoms with E-state index < -0.39 is 0 Å². The zero-order valence-electron chi connectivity index (χ0n) is 16.6. The van der Waals surface area contributed by atoms with Crippen LogP contribution in [0.1, 0.15) is 26.7 Å². The monoisotopic (exact) mass is 482 g/mol. The summed E-state index contributed by atoms with van der Waals surface area (Å²) < 4.78 is 10.1. The fraction of sp³-hybridized carbons (Fsp3) is 0.889. The Morgan fingerprint density at radius 1 is 1.27 bits per heavy atom. The molecule has 7 nitrogen and oxygen atoms in total. The van der Waals surface area contributed by atoms with Crippen LogP contribution >= 0.6 is 24.0 Å². The van der Waals surface area contributed by atoms with E-state index in [-0.39, 0.29) is 41.8 Å². The number of nitrogens with zero attached hydrogens (tertiary/aromatic N) is 3. The van der Waals surface area contributed by atoms with Gasteiger partial charge in [-0.15, -0.1) is 24.0 Å². The van der Waals surface area contributed by atoms with Crippen LogP contribution < -0.4 is 5.32 Å². The van der Waals surface area contributed by atoms with Crippen LogP contribution in [0, 0.1) is 11.8 Å². The molecule has 26 heavy (non-hydrogen) atoms. The van der Waals surface area contributed by atoms with E-state index in [4.69, 9.17) is 14.5 Å². The highest BCUT2D eigenvalue weighted by Crippen LogP contribution is 2.26. The molecule has 0 aromatic heterocycles. The van der Waals surface area contributed by atoms with Gasteiger partial charge in [-0.1, -0.05) is 6.92 Å². The molecule has 1 aliphatic carbocycles. The van der Waals surface area contributed by atoms with Gasteiger partial charge in [-0.25, -0.2) is 0 Å². The normalized spacial score (nSPS) is 23.1. The summed E-state index contributed by atoms with van der Waals surface area (Å²) in [6.45, 7) is 9.96. The lowest BCUT2D eigenvalue weighted by Gasteiger charge is -2.23. The standard InChI is InChI=1S/C18H34N4O3.HI/c1-5-19-18(22-12-14(2)16(13-22)17(23)25-4)20-8-9-21(10-11-24-3)15-6-7-15;/h14-16H,5-13H2,1-4H3,(H,19,20);1H. The molecule has 0 aromatic carbocycles. The number of esters is 1. The third kappa shape index (κ3) is 6.84. The van der Waals surface area contributed by atoms with Crippen molar-refractivity contribution < 1.29 is 14.3 Å². The van der Waals surface area contributed by atoms with E-state index in [1.54, 1.807) is 7.11 Å². The van der Waals surface area contributed by atoms with Crippen LogP contribution in [0.25, 0.3) is 0 Å². The van der Waals surface area contributed by atoms with Gasteiger partial charge in [0.25, 0.3) is 0 Å². The summed E-state index contributed by atoms with van der Waals surface area (Å²) in [7, 11) is 3.21. The van der Waals surface area contributed by atoms with Crippen molar-refractivity contribution in [1.29, 1.82) is 0 Å². The van der Waals surface area contributed by atoms with Gasteiger partial charge in [0.05, 0.1) is 26.2 Å². The Hall–Kier alpha value is -0.610. The maximum atomic E-state index is 11.9. The molecule has 1 saturated heterocycles. The number of halogens is 1. The molecular formula is C18H35IN4O3. The van der Waals surface area contributed by atoms with Gasteiger partial charge in [-0.05, 0) is 25.7 Å². The van der Waals surface area contributed by atoms with E-state index in [0.29, 0.717) is 12.6 Å². The number of guanidine groups is 1. The van der Waals surface area contributed by atoms with E-state index >= 15 is 0 Å². The highest BCUT2D eigenvalue weighted by atomic mass is 127. The predicted molar refractivity (Wildman–Crippen MR) is 114 cm³/mol. The van der Waals surface area contributed by atoms with E-state index in [1.807, 2.05) is 0 Å². The number of hydrogen-bond donors (Lipinski definition) is 1. The van der Waals surface area contributed by atoms with Crippen LogP contribution in [-0.2, 0) is 14.3 Å². The van der Waals surface area contributed by atoms with Crippen molar-refractivity contribution in [1.82, 2.24) is 15.1 Å². The zero-order valence-corrected chi connectivity index (χ0v) is 18.9. The van der Waals surface area contributed by atoms with Crippen molar-refractivity contribution in [3.63, 3.8) is 0 Å². The molecule has 2 atom stereocenters. The molecular weight excluding hydrogens is 447 g/mol. The Bertz CT molecular complexity index is 460. The van der Waals surface area contributed by atoms with Crippen molar-refractivity contribution in [2.24, 2.45) is 16.8 Å². The summed E-state index contributed by atoms with van der Waals surface area (Å²) in [6, 6.07) is 0.712. The molecule has 1 saturated carbocycles. The summed E-state index contributed by atoms with van der Waals surface area (Å²) in [5, 5.41) is 3.36. The van der Waals surface area contributed by atoms with Crippen LogP contribution in [-0.4, -0.2) is 87.9 Å². The largest absolute Gasteiger partial charge is 0.469 e. The predicted octanol–water partition coefficient (Wildman–Crippen LogP) is 1.42. The summed E-state index contributed by atoms with van der Waals surface area (Å²) in [5.74, 6) is 0.994. The number of rotatable bonds is 9. The number of carbonyl (C=O) groups excluding carboxylic acids is 1. The van der Waals surface area contributed by atoms with Crippen molar-refractivity contribution >= 4 is 35.9 Å². The minimum absolute atomic E-state index is 0. The summed E-state index contributed by atoms with van der Waals surface area (Å²) >= 11 is 0. The van der Waals surface area contributed by atoms with Crippen LogP contribution in [0.2, 0.25) is 0 Å². The lowest BCUT2D eigenvalue weighted by atomic mass is 9.99. The average Bonchev–Trinajstić information content (AvgIpc) is 3.38. The van der Waals surface area contributed by atoms with E-state index in [0.717, 1.165) is 45.3 Å². The quantitative estimate of drug-likeness (QED) is 0.232. The molecule has 0 aromatic rings. The Balaban J connectivity index is 0.00000338. The second-order valence-corrected chi connectivity index (χ2v) is 7.01. The van der Waals surface area contributed by atoms with Crippen molar-refractivity contribution in [2.45, 2.75) is 32.7 Å². The van der Waals surface area contributed by atoms with Gasteiger partial charge in [0.1, 0.15) is 0 Å². The van der Waals surface area contributed by atoms with E-state index in [2.05, 4.69) is 29.0 Å². The van der Waals surface area contributed by atoms with Crippen molar-refractivity contribution in [3.05, 3.63) is 0 Å². The van der Waals surface area contributed by atoms with Gasteiger partial charge < -0.3 is 19.7 Å². The summed E-state index contributed by atoms with van der Waals surface area (Å²) in [5.41, 5.74) is 0. The zero-order chi connectivity index (χ0) is 18.2. The molecule has 2 unspecified atom stereocenters.